The van der Waals surface area contributed by atoms with E-state index in [2.05, 4.69) is 12.2 Å². The highest BCUT2D eigenvalue weighted by atomic mass is 16.1. The number of amides is 1. The Morgan fingerprint density at radius 2 is 1.93 bits per heavy atom. The first-order valence-corrected chi connectivity index (χ1v) is 5.70. The molecule has 0 aromatic rings. The molecule has 3 nitrogen and oxygen atoms in total. The van der Waals surface area contributed by atoms with Crippen LogP contribution in [0.25, 0.3) is 0 Å². The average Bonchev–Trinajstić information content (AvgIpc) is 2.17. The van der Waals surface area contributed by atoms with Crippen molar-refractivity contribution in [2.75, 3.05) is 6.54 Å². The van der Waals surface area contributed by atoms with Crippen LogP contribution in [-0.4, -0.2) is 18.5 Å². The molecule has 0 spiro atoms. The molecule has 0 heterocycles. The van der Waals surface area contributed by atoms with E-state index in [1.165, 1.54) is 0 Å². The molecule has 1 unspecified atom stereocenters. The first-order valence-electron chi connectivity index (χ1n) is 5.70. The molecule has 3 heteroatoms. The van der Waals surface area contributed by atoms with Crippen LogP contribution in [0.3, 0.4) is 0 Å². The molecule has 0 saturated heterocycles. The summed E-state index contributed by atoms with van der Waals surface area (Å²) in [4.78, 5) is 11.3. The average molecular weight is 200 g/mol. The summed E-state index contributed by atoms with van der Waals surface area (Å²) < 4.78 is 0. The number of carbonyl (C=O) groups excluding carboxylic acids is 1. The van der Waals surface area contributed by atoms with Gasteiger partial charge in [0.1, 0.15) is 0 Å². The lowest BCUT2D eigenvalue weighted by atomic mass is 10.1. The molecule has 0 aliphatic carbocycles. The normalized spacial score (nSPS) is 12.5. The Morgan fingerprint density at radius 1 is 1.29 bits per heavy atom. The fourth-order valence-electron chi connectivity index (χ4n) is 1.23. The molecule has 0 aliphatic rings. The van der Waals surface area contributed by atoms with E-state index in [0.29, 0.717) is 12.5 Å². The molecule has 0 saturated carbocycles. The molecule has 0 bridgehead atoms. The van der Waals surface area contributed by atoms with E-state index in [-0.39, 0.29) is 5.91 Å². The summed E-state index contributed by atoms with van der Waals surface area (Å²) in [6.07, 6.45) is 5.99. The molecule has 0 aromatic carbocycles. The predicted molar refractivity (Wildman–Crippen MR) is 60.0 cm³/mol. The van der Waals surface area contributed by atoms with Crippen LogP contribution in [0.1, 0.15) is 52.4 Å². The summed E-state index contributed by atoms with van der Waals surface area (Å²) in [6, 6.07) is 0.312. The first-order chi connectivity index (χ1) is 6.70. The molecule has 0 fully saturated rings. The van der Waals surface area contributed by atoms with Gasteiger partial charge in [-0.05, 0) is 32.7 Å². The maximum absolute atomic E-state index is 11.3. The summed E-state index contributed by atoms with van der Waals surface area (Å²) in [7, 11) is 0. The number of nitrogens with one attached hydrogen (secondary N) is 1. The second-order valence-electron chi connectivity index (χ2n) is 3.83. The van der Waals surface area contributed by atoms with Gasteiger partial charge in [0.05, 0.1) is 0 Å². The molecular formula is C11H24N2O. The van der Waals surface area contributed by atoms with Gasteiger partial charge in [0.15, 0.2) is 0 Å². The molecule has 0 rings (SSSR count). The van der Waals surface area contributed by atoms with Crippen molar-refractivity contribution in [1.29, 1.82) is 0 Å². The second kappa shape index (κ2) is 9.00. The number of hydrogen-bond acceptors (Lipinski definition) is 2. The van der Waals surface area contributed by atoms with Crippen LogP contribution >= 0.6 is 0 Å². The van der Waals surface area contributed by atoms with Gasteiger partial charge in [-0.3, -0.25) is 4.79 Å². The van der Waals surface area contributed by atoms with Gasteiger partial charge in [-0.2, -0.15) is 0 Å². The second-order valence-corrected chi connectivity index (χ2v) is 3.83. The Balaban J connectivity index is 3.27. The Bertz CT molecular complexity index is 148. The van der Waals surface area contributed by atoms with Gasteiger partial charge in [-0.25, -0.2) is 0 Å². The van der Waals surface area contributed by atoms with Crippen LogP contribution < -0.4 is 11.1 Å². The predicted octanol–water partition coefficient (Wildman–Crippen LogP) is 1.81. The summed E-state index contributed by atoms with van der Waals surface area (Å²) in [6.45, 7) is 4.87. The van der Waals surface area contributed by atoms with E-state index in [0.717, 1.165) is 38.6 Å². The van der Waals surface area contributed by atoms with Crippen LogP contribution in [0.5, 0.6) is 0 Å². The van der Waals surface area contributed by atoms with E-state index in [1.54, 1.807) is 0 Å². The Morgan fingerprint density at radius 3 is 2.50 bits per heavy atom. The lowest BCUT2D eigenvalue weighted by molar-refractivity contribution is -0.121. The zero-order valence-electron chi connectivity index (χ0n) is 9.51. The minimum Gasteiger partial charge on any atom is -0.354 e. The summed E-state index contributed by atoms with van der Waals surface area (Å²) in [5, 5.41) is 2.96. The lowest BCUT2D eigenvalue weighted by Gasteiger charge is -2.10. The monoisotopic (exact) mass is 200 g/mol. The number of nitrogens with two attached hydrogens (primary N) is 1. The van der Waals surface area contributed by atoms with E-state index in [4.69, 9.17) is 5.73 Å². The summed E-state index contributed by atoms with van der Waals surface area (Å²) >= 11 is 0. The quantitative estimate of drug-likeness (QED) is 0.587. The van der Waals surface area contributed by atoms with Gasteiger partial charge in [-0.1, -0.05) is 19.8 Å². The SMILES string of the molecule is CCC(C)NC(=O)CCCCCCN. The molecule has 0 radical (unpaired) electrons. The highest BCUT2D eigenvalue weighted by Crippen LogP contribution is 2.02. The number of unbranched alkanes of at least 4 members (excludes halogenated alkanes) is 3. The lowest BCUT2D eigenvalue weighted by Crippen LogP contribution is -2.31. The van der Waals surface area contributed by atoms with Gasteiger partial charge in [-0.15, -0.1) is 0 Å². The van der Waals surface area contributed by atoms with Crippen LogP contribution in [0.15, 0.2) is 0 Å². The standard InChI is InChI=1S/C11H24N2O/c1-3-10(2)13-11(14)8-6-4-5-7-9-12/h10H,3-9,12H2,1-2H3,(H,13,14). The zero-order chi connectivity index (χ0) is 10.8. The van der Waals surface area contributed by atoms with Crippen molar-refractivity contribution in [3.63, 3.8) is 0 Å². The zero-order valence-corrected chi connectivity index (χ0v) is 9.51. The highest BCUT2D eigenvalue weighted by Gasteiger charge is 2.04. The van der Waals surface area contributed by atoms with Crippen molar-refractivity contribution in [3.8, 4) is 0 Å². The maximum atomic E-state index is 11.3. The van der Waals surface area contributed by atoms with E-state index < -0.39 is 0 Å². The topological polar surface area (TPSA) is 55.1 Å². The van der Waals surface area contributed by atoms with Crippen LogP contribution in [-0.2, 0) is 4.79 Å². The van der Waals surface area contributed by atoms with Crippen molar-refractivity contribution >= 4 is 5.91 Å². The maximum Gasteiger partial charge on any atom is 0.220 e. The first kappa shape index (κ1) is 13.4. The van der Waals surface area contributed by atoms with E-state index >= 15 is 0 Å². The van der Waals surface area contributed by atoms with Crippen molar-refractivity contribution < 1.29 is 4.79 Å². The molecule has 84 valence electrons. The van der Waals surface area contributed by atoms with Crippen molar-refractivity contribution in [3.05, 3.63) is 0 Å². The van der Waals surface area contributed by atoms with Gasteiger partial charge in [0.2, 0.25) is 5.91 Å². The molecule has 0 aliphatic heterocycles. The third-order valence-corrected chi connectivity index (χ3v) is 2.38. The number of carbonyl (C=O) groups is 1. The van der Waals surface area contributed by atoms with Gasteiger partial charge in [0, 0.05) is 12.5 Å². The van der Waals surface area contributed by atoms with Gasteiger partial charge < -0.3 is 11.1 Å². The largest absolute Gasteiger partial charge is 0.354 e. The smallest absolute Gasteiger partial charge is 0.220 e. The third-order valence-electron chi connectivity index (χ3n) is 2.38. The number of rotatable bonds is 8. The van der Waals surface area contributed by atoms with Crippen molar-refractivity contribution in [1.82, 2.24) is 5.32 Å². The Labute approximate surface area is 87.4 Å². The number of hydrogen-bond donors (Lipinski definition) is 2. The molecule has 3 N–H and O–H groups in total. The minimum absolute atomic E-state index is 0.187. The third kappa shape index (κ3) is 8.05. The van der Waals surface area contributed by atoms with Crippen molar-refractivity contribution in [2.45, 2.75) is 58.4 Å². The molecule has 1 atom stereocenters. The van der Waals surface area contributed by atoms with E-state index in [1.807, 2.05) is 6.92 Å². The van der Waals surface area contributed by atoms with E-state index in [9.17, 15) is 4.79 Å². The van der Waals surface area contributed by atoms with Crippen molar-refractivity contribution in [2.24, 2.45) is 5.73 Å². The molecule has 0 aromatic heterocycles. The summed E-state index contributed by atoms with van der Waals surface area (Å²) in [5.41, 5.74) is 5.38. The molecule has 1 amide bonds. The Kier molecular flexibility index (Phi) is 8.64. The van der Waals surface area contributed by atoms with Gasteiger partial charge >= 0.3 is 0 Å². The highest BCUT2D eigenvalue weighted by molar-refractivity contribution is 5.76. The van der Waals surface area contributed by atoms with Crippen LogP contribution in [0.2, 0.25) is 0 Å². The van der Waals surface area contributed by atoms with Crippen LogP contribution in [0.4, 0.5) is 0 Å². The summed E-state index contributed by atoms with van der Waals surface area (Å²) in [5.74, 6) is 0.187. The fraction of sp³-hybridized carbons (Fsp3) is 0.909. The van der Waals surface area contributed by atoms with Gasteiger partial charge in [0.25, 0.3) is 0 Å². The minimum atomic E-state index is 0.187. The Hall–Kier alpha value is -0.570. The molecule has 14 heavy (non-hydrogen) atoms. The molecular weight excluding hydrogens is 176 g/mol. The fourth-order valence-corrected chi connectivity index (χ4v) is 1.23. The van der Waals surface area contributed by atoms with Crippen LogP contribution in [0, 0.1) is 0 Å².